The van der Waals surface area contributed by atoms with Crippen molar-refractivity contribution < 1.29 is 23.9 Å². The number of nitrogens with zero attached hydrogens (tertiary/aromatic N) is 2. The second-order valence-corrected chi connectivity index (χ2v) is 6.85. The Labute approximate surface area is 192 Å². The highest BCUT2D eigenvalue weighted by Crippen LogP contribution is 2.23. The lowest BCUT2D eigenvalue weighted by Gasteiger charge is -2.11. The highest BCUT2D eigenvalue weighted by molar-refractivity contribution is 5.91. The molecule has 0 aliphatic carbocycles. The number of hydrogen-bond donors (Lipinski definition) is 1. The summed E-state index contributed by atoms with van der Waals surface area (Å²) in [5, 5.41) is 13.4. The predicted molar refractivity (Wildman–Crippen MR) is 124 cm³/mol. The minimum absolute atomic E-state index is 0.137. The third-order valence-electron chi connectivity index (χ3n) is 4.63. The van der Waals surface area contributed by atoms with Crippen LogP contribution in [0.15, 0.2) is 77.3 Å². The lowest BCUT2D eigenvalue weighted by molar-refractivity contribution is 0.0693. The van der Waals surface area contributed by atoms with Crippen molar-refractivity contribution in [3.05, 3.63) is 95.3 Å². The zero-order valence-electron chi connectivity index (χ0n) is 18.8. The standard InChI is InChI=1S/C24H20N2O5.C2H6/c1-16-7-5-10-18(22(16)24(27)28)14-29-19-11-6-12-20(13-19)30-15-21-25-23(31-26-21)17-8-3-2-4-9-17;1-2/h2-13H,14-15H2,1H3,(H,27,28);1-2H3. The molecule has 7 nitrogen and oxygen atoms in total. The molecule has 170 valence electrons. The highest BCUT2D eigenvalue weighted by Gasteiger charge is 2.13. The van der Waals surface area contributed by atoms with Gasteiger partial charge in [0.2, 0.25) is 5.82 Å². The average Bonchev–Trinajstić information content (AvgIpc) is 3.32. The van der Waals surface area contributed by atoms with Crippen LogP contribution in [0.2, 0.25) is 0 Å². The molecule has 0 saturated carbocycles. The fourth-order valence-corrected chi connectivity index (χ4v) is 3.13. The molecule has 3 aromatic carbocycles. The Morgan fingerprint density at radius 3 is 2.27 bits per heavy atom. The van der Waals surface area contributed by atoms with E-state index in [0.29, 0.717) is 34.3 Å². The van der Waals surface area contributed by atoms with Crippen LogP contribution in [0.3, 0.4) is 0 Å². The number of rotatable bonds is 8. The summed E-state index contributed by atoms with van der Waals surface area (Å²) in [6.45, 7) is 6.04. The van der Waals surface area contributed by atoms with Crippen molar-refractivity contribution in [1.29, 1.82) is 0 Å². The molecule has 0 atom stereocenters. The van der Waals surface area contributed by atoms with Gasteiger partial charge in [0, 0.05) is 17.2 Å². The van der Waals surface area contributed by atoms with E-state index in [9.17, 15) is 9.90 Å². The van der Waals surface area contributed by atoms with Gasteiger partial charge in [-0.25, -0.2) is 4.79 Å². The van der Waals surface area contributed by atoms with E-state index >= 15 is 0 Å². The topological polar surface area (TPSA) is 94.7 Å². The van der Waals surface area contributed by atoms with Crippen LogP contribution in [0.4, 0.5) is 0 Å². The summed E-state index contributed by atoms with van der Waals surface area (Å²) in [6, 6.07) is 21.9. The van der Waals surface area contributed by atoms with Gasteiger partial charge < -0.3 is 19.1 Å². The van der Waals surface area contributed by atoms with Crippen LogP contribution in [-0.2, 0) is 13.2 Å². The molecular formula is C26H26N2O5. The summed E-state index contributed by atoms with van der Waals surface area (Å²) < 4.78 is 16.8. The van der Waals surface area contributed by atoms with Gasteiger partial charge in [-0.1, -0.05) is 61.5 Å². The number of ether oxygens (including phenoxy) is 2. The molecule has 0 amide bonds. The molecule has 7 heteroatoms. The van der Waals surface area contributed by atoms with Crippen LogP contribution >= 0.6 is 0 Å². The molecule has 0 radical (unpaired) electrons. The maximum absolute atomic E-state index is 11.5. The molecule has 4 rings (SSSR count). The van der Waals surface area contributed by atoms with Gasteiger partial charge in [0.25, 0.3) is 5.89 Å². The van der Waals surface area contributed by atoms with Crippen molar-refractivity contribution in [3.8, 4) is 23.0 Å². The molecule has 4 aromatic rings. The van der Waals surface area contributed by atoms with Crippen LogP contribution in [0.1, 0.15) is 41.2 Å². The summed E-state index contributed by atoms with van der Waals surface area (Å²) >= 11 is 0. The minimum atomic E-state index is -0.969. The summed E-state index contributed by atoms with van der Waals surface area (Å²) in [4.78, 5) is 15.9. The molecule has 1 N–H and O–H groups in total. The number of aromatic carboxylic acids is 1. The van der Waals surface area contributed by atoms with Crippen molar-refractivity contribution in [3.63, 3.8) is 0 Å². The van der Waals surface area contributed by atoms with E-state index in [1.165, 1.54) is 0 Å². The Bertz CT molecular complexity index is 1190. The summed E-state index contributed by atoms with van der Waals surface area (Å²) in [5.74, 6) is 1.03. The Balaban J connectivity index is 0.00000149. The largest absolute Gasteiger partial charge is 0.489 e. The molecule has 0 fully saturated rings. The molecule has 1 aromatic heterocycles. The van der Waals surface area contributed by atoms with Crippen LogP contribution in [0.5, 0.6) is 11.5 Å². The fourth-order valence-electron chi connectivity index (χ4n) is 3.13. The quantitative estimate of drug-likeness (QED) is 0.358. The van der Waals surface area contributed by atoms with E-state index in [4.69, 9.17) is 14.0 Å². The third-order valence-corrected chi connectivity index (χ3v) is 4.63. The summed E-state index contributed by atoms with van der Waals surface area (Å²) in [6.07, 6.45) is 0. The SMILES string of the molecule is CC.Cc1cccc(COc2cccc(OCc3noc(-c4ccccc4)n3)c2)c1C(=O)O. The van der Waals surface area contributed by atoms with E-state index < -0.39 is 5.97 Å². The van der Waals surface area contributed by atoms with Gasteiger partial charge in [0.1, 0.15) is 18.1 Å². The summed E-state index contributed by atoms with van der Waals surface area (Å²) in [5.41, 5.74) is 2.41. The monoisotopic (exact) mass is 446 g/mol. The number of hydrogen-bond acceptors (Lipinski definition) is 6. The molecule has 33 heavy (non-hydrogen) atoms. The Morgan fingerprint density at radius 2 is 1.58 bits per heavy atom. The first-order valence-corrected chi connectivity index (χ1v) is 10.7. The summed E-state index contributed by atoms with van der Waals surface area (Å²) in [7, 11) is 0. The van der Waals surface area contributed by atoms with E-state index in [-0.39, 0.29) is 18.8 Å². The Morgan fingerprint density at radius 1 is 0.909 bits per heavy atom. The van der Waals surface area contributed by atoms with Crippen molar-refractivity contribution in [2.75, 3.05) is 0 Å². The van der Waals surface area contributed by atoms with Crippen LogP contribution in [0.25, 0.3) is 11.5 Å². The molecule has 0 bridgehead atoms. The second-order valence-electron chi connectivity index (χ2n) is 6.85. The molecule has 0 saturated heterocycles. The Kier molecular flexibility index (Phi) is 8.18. The van der Waals surface area contributed by atoms with Crippen molar-refractivity contribution >= 4 is 5.97 Å². The van der Waals surface area contributed by atoms with Crippen LogP contribution < -0.4 is 9.47 Å². The lowest BCUT2D eigenvalue weighted by atomic mass is 10.0. The first kappa shape index (κ1) is 23.5. The molecule has 0 aliphatic heterocycles. The number of aryl methyl sites for hydroxylation is 1. The van der Waals surface area contributed by atoms with Crippen LogP contribution in [0, 0.1) is 6.92 Å². The van der Waals surface area contributed by atoms with E-state index in [0.717, 1.165) is 5.56 Å². The number of carboxylic acid groups (broad SMARTS) is 1. The van der Waals surface area contributed by atoms with Crippen LogP contribution in [-0.4, -0.2) is 21.2 Å². The van der Waals surface area contributed by atoms with Gasteiger partial charge in [-0.15, -0.1) is 0 Å². The maximum atomic E-state index is 11.5. The van der Waals surface area contributed by atoms with Gasteiger partial charge in [-0.05, 0) is 36.8 Å². The normalized spacial score (nSPS) is 10.2. The predicted octanol–water partition coefficient (Wildman–Crippen LogP) is 5.93. The zero-order chi connectivity index (χ0) is 23.6. The van der Waals surface area contributed by atoms with Gasteiger partial charge in [-0.3, -0.25) is 0 Å². The first-order chi connectivity index (χ1) is 16.1. The van der Waals surface area contributed by atoms with Gasteiger partial charge in [0.05, 0.1) is 5.56 Å². The molecule has 0 spiro atoms. The number of benzene rings is 3. The van der Waals surface area contributed by atoms with Gasteiger partial charge in [-0.2, -0.15) is 4.98 Å². The number of carboxylic acids is 1. The van der Waals surface area contributed by atoms with Crippen molar-refractivity contribution in [1.82, 2.24) is 10.1 Å². The average molecular weight is 447 g/mol. The lowest BCUT2D eigenvalue weighted by Crippen LogP contribution is -2.08. The smallest absolute Gasteiger partial charge is 0.336 e. The molecular weight excluding hydrogens is 420 g/mol. The zero-order valence-corrected chi connectivity index (χ0v) is 18.8. The van der Waals surface area contributed by atoms with Gasteiger partial charge >= 0.3 is 5.97 Å². The Hall–Kier alpha value is -4.13. The van der Waals surface area contributed by atoms with Crippen molar-refractivity contribution in [2.24, 2.45) is 0 Å². The third kappa shape index (κ3) is 6.20. The fraction of sp³-hybridized carbons (Fsp3) is 0.192. The minimum Gasteiger partial charge on any atom is -0.489 e. The van der Waals surface area contributed by atoms with E-state index in [2.05, 4.69) is 10.1 Å². The molecule has 0 aliphatic rings. The van der Waals surface area contributed by atoms with E-state index in [1.807, 2.05) is 50.2 Å². The molecule has 0 unspecified atom stereocenters. The number of carbonyl (C=O) groups is 1. The highest BCUT2D eigenvalue weighted by atomic mass is 16.5. The first-order valence-electron chi connectivity index (χ1n) is 10.7. The van der Waals surface area contributed by atoms with Crippen molar-refractivity contribution in [2.45, 2.75) is 34.0 Å². The molecule has 1 heterocycles. The van der Waals surface area contributed by atoms with Gasteiger partial charge in [0.15, 0.2) is 6.61 Å². The maximum Gasteiger partial charge on any atom is 0.336 e. The van der Waals surface area contributed by atoms with E-state index in [1.54, 1.807) is 43.3 Å². The number of aromatic nitrogens is 2. The second kappa shape index (κ2) is 11.5.